The van der Waals surface area contributed by atoms with Gasteiger partial charge >= 0.3 is 0 Å². The zero-order valence-electron chi connectivity index (χ0n) is 56.1. The number of fused-ring (bicyclic) bond motifs is 2. The number of alkyl halides is 3. The van der Waals surface area contributed by atoms with E-state index < -0.39 is 0 Å². The Morgan fingerprint density at radius 2 is 0.770 bits per heavy atom. The third-order valence-electron chi connectivity index (χ3n) is 16.6. The molecule has 524 valence electrons. The highest BCUT2D eigenvalue weighted by molar-refractivity contribution is 9.09. The van der Waals surface area contributed by atoms with E-state index in [1.54, 1.807) is 15.1 Å². The quantitative estimate of drug-likeness (QED) is 0.0472. The largest absolute Gasteiger partial charge is 0.458 e. The molecular formula is C76H83Br3N10O11. The SMILES string of the molecule is BrCc1cccc(CBr)c1.BrCc1cccc(CO[C@H]2CCOC2)c1.Cc1ccc(-c2nc(N)nc3c(Cc4cccc(CO[C@H]5CCOC5)c4)cnn23)o1.Cc1ccc(-c2nc(N)nc3c(Cc4cccc(CO[C@H]5CCOC5)c4)cnn23)o1.O=Cc1cccc(CO[C@H]2CCOC2)c1. The molecule has 0 unspecified atom stereocenters. The standard InChI is InChI=1S/2C22H23N5O3.C12H15BrO2.C12H14O3.C8H8Br2/c2*1-14-5-6-19(30-14)21-26-22(23)25-20-17(11-24-27(20)21)10-15-3-2-4-16(9-15)12-29-18-7-8-28-13-18;2*13-7-10-2-1-3-11(6-10)8-15-12-4-5-14-9-12;9-5-7-2-1-3-8(4-7)6-10/h2*2-6,9,11,18H,7-8,10,12-13H2,1H3,(H2,23,25);1-3,6,12H,4-5,7-9H2;1-3,6-7,12H,4-5,8-9H2;1-4H,5-6H2/t2*18-;2*12-;/m0000./s1. The van der Waals surface area contributed by atoms with E-state index in [2.05, 4.69) is 163 Å². The van der Waals surface area contributed by atoms with Gasteiger partial charge in [-0.15, -0.1) is 0 Å². The fourth-order valence-corrected chi connectivity index (χ4v) is 12.5. The molecule has 4 N–H and O–H groups in total. The number of hydrogen-bond donors (Lipinski definition) is 2. The van der Waals surface area contributed by atoms with Crippen LogP contribution in [-0.4, -0.2) is 123 Å². The number of aromatic nitrogens is 8. The van der Waals surface area contributed by atoms with Gasteiger partial charge in [0.25, 0.3) is 0 Å². The van der Waals surface area contributed by atoms with E-state index in [1.807, 2.05) is 80.8 Å². The summed E-state index contributed by atoms with van der Waals surface area (Å²) < 4.78 is 59.3. The van der Waals surface area contributed by atoms with Gasteiger partial charge < -0.3 is 58.2 Å². The zero-order valence-corrected chi connectivity index (χ0v) is 60.9. The number of carbonyl (C=O) groups is 1. The molecule has 10 heterocycles. The lowest BCUT2D eigenvalue weighted by Gasteiger charge is -2.10. The molecule has 0 aliphatic carbocycles. The van der Waals surface area contributed by atoms with Crippen LogP contribution in [0.2, 0.25) is 0 Å². The Kier molecular flexibility index (Phi) is 27.7. The van der Waals surface area contributed by atoms with E-state index in [0.717, 1.165) is 131 Å². The Morgan fingerprint density at radius 3 is 1.10 bits per heavy atom. The van der Waals surface area contributed by atoms with Crippen LogP contribution in [0.5, 0.6) is 0 Å². The van der Waals surface area contributed by atoms with Crippen LogP contribution >= 0.6 is 47.8 Å². The number of anilines is 2. The van der Waals surface area contributed by atoms with Gasteiger partial charge in [-0.3, -0.25) is 4.79 Å². The third-order valence-corrected chi connectivity index (χ3v) is 18.6. The second-order valence-electron chi connectivity index (χ2n) is 24.5. The normalized spacial score (nSPS) is 17.1. The van der Waals surface area contributed by atoms with E-state index >= 15 is 0 Å². The minimum absolute atomic E-state index is 0.189. The number of nitrogen functional groups attached to an aromatic ring is 2. The number of ether oxygens (including phenoxy) is 8. The maximum Gasteiger partial charge on any atom is 0.224 e. The maximum absolute atomic E-state index is 10.6. The molecule has 0 bridgehead atoms. The Morgan fingerprint density at radius 1 is 0.440 bits per heavy atom. The first kappa shape index (κ1) is 73.4. The summed E-state index contributed by atoms with van der Waals surface area (Å²) in [7, 11) is 0. The Hall–Kier alpha value is -7.85. The van der Waals surface area contributed by atoms with Crippen LogP contribution in [0.3, 0.4) is 0 Å². The van der Waals surface area contributed by atoms with E-state index in [0.29, 0.717) is 99.1 Å². The molecule has 6 aromatic heterocycles. The molecule has 5 aromatic carbocycles. The first-order valence-electron chi connectivity index (χ1n) is 33.4. The summed E-state index contributed by atoms with van der Waals surface area (Å²) >= 11 is 10.3. The average Bonchev–Trinajstić information content (AvgIpc) is 1.62. The van der Waals surface area contributed by atoms with Gasteiger partial charge in [0.1, 0.15) is 17.8 Å². The van der Waals surface area contributed by atoms with E-state index in [1.165, 1.54) is 22.3 Å². The number of nitrogens with two attached hydrogens (primary N) is 2. The van der Waals surface area contributed by atoms with Gasteiger partial charge in [0.2, 0.25) is 23.5 Å². The van der Waals surface area contributed by atoms with Crippen molar-refractivity contribution >= 4 is 77.3 Å². The van der Waals surface area contributed by atoms with Crippen LogP contribution in [-0.2, 0) is 93.2 Å². The van der Waals surface area contributed by atoms with Crippen molar-refractivity contribution in [2.24, 2.45) is 0 Å². The number of hydrogen-bond acceptors (Lipinski definition) is 19. The van der Waals surface area contributed by atoms with Gasteiger partial charge in [0, 0.05) is 71.9 Å². The van der Waals surface area contributed by atoms with Crippen molar-refractivity contribution in [1.82, 2.24) is 39.2 Å². The topological polar surface area (TPSA) is 255 Å². The lowest BCUT2D eigenvalue weighted by Crippen LogP contribution is -2.11. The van der Waals surface area contributed by atoms with Crippen LogP contribution in [0.4, 0.5) is 11.9 Å². The smallest absolute Gasteiger partial charge is 0.224 e. The van der Waals surface area contributed by atoms with Crippen molar-refractivity contribution in [1.29, 1.82) is 0 Å². The minimum Gasteiger partial charge on any atom is -0.458 e. The van der Waals surface area contributed by atoms with Crippen molar-refractivity contribution in [2.75, 3.05) is 64.3 Å². The molecule has 4 fully saturated rings. The Labute approximate surface area is 607 Å². The first-order chi connectivity index (χ1) is 48.9. The van der Waals surface area contributed by atoms with Gasteiger partial charge in [-0.1, -0.05) is 163 Å². The number of halogens is 3. The van der Waals surface area contributed by atoms with Crippen LogP contribution in [0, 0.1) is 13.8 Å². The minimum atomic E-state index is 0.189. The lowest BCUT2D eigenvalue weighted by atomic mass is 10.0. The predicted molar refractivity (Wildman–Crippen MR) is 392 cm³/mol. The van der Waals surface area contributed by atoms with E-state index in [4.69, 9.17) is 58.2 Å². The van der Waals surface area contributed by atoms with Gasteiger partial charge in [0.15, 0.2) is 22.8 Å². The summed E-state index contributed by atoms with van der Waals surface area (Å²) in [5, 5.41) is 11.8. The molecule has 11 aromatic rings. The molecule has 0 saturated carbocycles. The molecule has 24 heteroatoms. The number of rotatable bonds is 22. The molecular weight excluding hydrogens is 1470 g/mol. The van der Waals surface area contributed by atoms with Gasteiger partial charge in [-0.25, -0.2) is 0 Å². The Bertz CT molecular complexity index is 4160. The molecule has 4 aliphatic rings. The van der Waals surface area contributed by atoms with E-state index in [9.17, 15) is 4.79 Å². The molecule has 4 aliphatic heterocycles. The van der Waals surface area contributed by atoms with Crippen LogP contribution in [0.25, 0.3) is 34.5 Å². The number of carbonyl (C=O) groups excluding carboxylic acids is 1. The van der Waals surface area contributed by atoms with Crippen LogP contribution < -0.4 is 11.5 Å². The van der Waals surface area contributed by atoms with Crippen molar-refractivity contribution in [3.8, 4) is 23.2 Å². The molecule has 15 rings (SSSR count). The maximum atomic E-state index is 10.6. The summed E-state index contributed by atoms with van der Waals surface area (Å²) in [4.78, 5) is 28.1. The highest BCUT2D eigenvalue weighted by Crippen LogP contribution is 2.28. The van der Waals surface area contributed by atoms with Gasteiger partial charge in [-0.05, 0) is 120 Å². The van der Waals surface area contributed by atoms with E-state index in [-0.39, 0.29) is 36.3 Å². The van der Waals surface area contributed by atoms with Crippen molar-refractivity contribution in [3.63, 3.8) is 0 Å². The highest BCUT2D eigenvalue weighted by Gasteiger charge is 2.22. The second-order valence-corrected chi connectivity index (χ2v) is 26.2. The summed E-state index contributed by atoms with van der Waals surface area (Å²) in [6.07, 6.45) is 10.6. The zero-order chi connectivity index (χ0) is 69.4. The fourth-order valence-electron chi connectivity index (χ4n) is 11.4. The molecule has 0 radical (unpaired) electrons. The third kappa shape index (κ3) is 21.6. The Balaban J connectivity index is 0.000000134. The average molecular weight is 1550 g/mol. The monoisotopic (exact) mass is 1550 g/mol. The number of benzene rings is 5. The highest BCUT2D eigenvalue weighted by atomic mass is 79.9. The lowest BCUT2D eigenvalue weighted by molar-refractivity contribution is 0.0317. The molecule has 100 heavy (non-hydrogen) atoms. The predicted octanol–water partition coefficient (Wildman–Crippen LogP) is 14.5. The molecule has 0 spiro atoms. The summed E-state index contributed by atoms with van der Waals surface area (Å²) in [6, 6.07) is 48.6. The summed E-state index contributed by atoms with van der Waals surface area (Å²) in [5.74, 6) is 4.27. The summed E-state index contributed by atoms with van der Waals surface area (Å²) in [6.45, 7) is 12.2. The van der Waals surface area contributed by atoms with Gasteiger partial charge in [0.05, 0.1) is 89.7 Å². The van der Waals surface area contributed by atoms with Crippen molar-refractivity contribution in [3.05, 3.63) is 236 Å². The van der Waals surface area contributed by atoms with Crippen LogP contribution in [0.15, 0.2) is 167 Å². The number of aryl methyl sites for hydroxylation is 2. The number of aldehydes is 1. The summed E-state index contributed by atoms with van der Waals surface area (Å²) in [5.41, 5.74) is 26.7. The second kappa shape index (κ2) is 37.7. The molecule has 4 atom stereocenters. The van der Waals surface area contributed by atoms with Gasteiger partial charge in [-0.2, -0.15) is 39.2 Å². The molecule has 21 nitrogen and oxygen atoms in total. The number of furan rings is 2. The van der Waals surface area contributed by atoms with Crippen molar-refractivity contribution in [2.45, 2.75) is 119 Å². The molecule has 4 saturated heterocycles. The molecule has 0 amide bonds. The van der Waals surface area contributed by atoms with Crippen LogP contribution in [0.1, 0.15) is 109 Å². The number of nitrogens with zero attached hydrogens (tertiary/aromatic N) is 8. The first-order valence-corrected chi connectivity index (χ1v) is 36.8. The van der Waals surface area contributed by atoms with Crippen molar-refractivity contribution < 1.29 is 51.5 Å². The fraction of sp³-hybridized carbons (Fsp3) is 0.355.